The van der Waals surface area contributed by atoms with E-state index < -0.39 is 9.84 Å². The Bertz CT molecular complexity index is 1710. The van der Waals surface area contributed by atoms with Crippen LogP contribution in [0.5, 0.6) is 23.0 Å². The minimum Gasteiger partial charge on any atom is -0.456 e. The highest BCUT2D eigenvalue weighted by atomic mass is 32.2. The molecule has 1 N–H and O–H groups in total. The van der Waals surface area contributed by atoms with Crippen LogP contribution in [0, 0.1) is 0 Å². The summed E-state index contributed by atoms with van der Waals surface area (Å²) in [5.74, 6) is 1.59. The number of sulfone groups is 1. The molecule has 4 heterocycles. The number of ether oxygens (including phenoxy) is 2. The monoisotopic (exact) mass is 503 g/mol. The zero-order chi connectivity index (χ0) is 25.3. The maximum Gasteiger partial charge on any atom is 0.293 e. The maximum atomic E-state index is 12.6. The summed E-state index contributed by atoms with van der Waals surface area (Å²) in [6, 6.07) is 15.0. The van der Waals surface area contributed by atoms with Crippen molar-refractivity contribution in [1.82, 2.24) is 24.5 Å². The molecule has 0 atom stereocenters. The van der Waals surface area contributed by atoms with Crippen molar-refractivity contribution in [2.75, 3.05) is 5.75 Å². The van der Waals surface area contributed by atoms with Crippen LogP contribution in [0.25, 0.3) is 22.6 Å². The van der Waals surface area contributed by atoms with Crippen molar-refractivity contribution >= 4 is 20.9 Å². The molecule has 0 aliphatic rings. The number of pyridine rings is 3. The van der Waals surface area contributed by atoms with Gasteiger partial charge in [-0.1, -0.05) is 13.0 Å². The fourth-order valence-electron chi connectivity index (χ4n) is 3.48. The van der Waals surface area contributed by atoms with Crippen molar-refractivity contribution in [3.05, 3.63) is 83.5 Å². The Balaban J connectivity index is 1.57. The second-order valence-corrected chi connectivity index (χ2v) is 10.1. The molecule has 0 fully saturated rings. The molecule has 11 heteroatoms. The van der Waals surface area contributed by atoms with Gasteiger partial charge in [-0.05, 0) is 36.4 Å². The summed E-state index contributed by atoms with van der Waals surface area (Å²) in [7, 11) is -1.79. The minimum atomic E-state index is -3.43. The van der Waals surface area contributed by atoms with E-state index in [4.69, 9.17) is 9.47 Å². The van der Waals surface area contributed by atoms with Gasteiger partial charge in [0.05, 0.1) is 17.5 Å². The summed E-state index contributed by atoms with van der Waals surface area (Å²) >= 11 is 0. The first-order valence-corrected chi connectivity index (χ1v) is 12.6. The molecule has 4 aromatic heterocycles. The van der Waals surface area contributed by atoms with E-state index in [-0.39, 0.29) is 22.1 Å². The number of nitrogens with one attached hydrogen (secondary N) is 1. The first kappa shape index (κ1) is 23.2. The Labute approximate surface area is 206 Å². The number of hydrogen-bond donors (Lipinski definition) is 1. The average molecular weight is 504 g/mol. The van der Waals surface area contributed by atoms with Crippen molar-refractivity contribution in [2.24, 2.45) is 7.05 Å². The van der Waals surface area contributed by atoms with Gasteiger partial charge in [0, 0.05) is 31.6 Å². The first-order chi connectivity index (χ1) is 17.3. The number of aryl methyl sites for hydroxylation is 1. The first-order valence-electron chi connectivity index (χ1n) is 11.0. The Kier molecular flexibility index (Phi) is 5.98. The number of hydrogen-bond acceptors (Lipinski definition) is 8. The van der Waals surface area contributed by atoms with E-state index in [9.17, 15) is 13.2 Å². The van der Waals surface area contributed by atoms with E-state index >= 15 is 0 Å². The number of nitrogens with zero attached hydrogens (tertiary/aromatic N) is 4. The van der Waals surface area contributed by atoms with Crippen LogP contribution >= 0.6 is 0 Å². The van der Waals surface area contributed by atoms with E-state index in [1.165, 1.54) is 22.9 Å². The Morgan fingerprint density at radius 2 is 1.83 bits per heavy atom. The van der Waals surface area contributed by atoms with Gasteiger partial charge < -0.3 is 19.0 Å². The number of aromatic amines is 1. The van der Waals surface area contributed by atoms with Crippen molar-refractivity contribution in [2.45, 2.75) is 11.9 Å². The van der Waals surface area contributed by atoms with E-state index in [2.05, 4.69) is 19.9 Å². The number of H-pyrrole nitrogens is 1. The molecular weight excluding hydrogens is 482 g/mol. The summed E-state index contributed by atoms with van der Waals surface area (Å²) in [6.45, 7) is 1.56. The molecule has 5 rings (SSSR count). The van der Waals surface area contributed by atoms with Gasteiger partial charge in [0.1, 0.15) is 22.7 Å². The third-order valence-corrected chi connectivity index (χ3v) is 7.02. The van der Waals surface area contributed by atoms with Crippen LogP contribution in [-0.4, -0.2) is 38.7 Å². The number of rotatable bonds is 7. The fourth-order valence-corrected chi connectivity index (χ4v) is 4.27. The zero-order valence-electron chi connectivity index (χ0n) is 19.4. The van der Waals surface area contributed by atoms with E-state index in [1.54, 1.807) is 50.6 Å². The quantitative estimate of drug-likeness (QED) is 0.351. The molecule has 0 aliphatic carbocycles. The SMILES string of the molecule is CCS(=O)(=O)c1ccc(Oc2cc(Oc3cccn(C)c3=O)c3nc(-c4ccccn4)[nH]c3c2)cn1. The predicted octanol–water partition coefficient (Wildman–Crippen LogP) is 4.10. The van der Waals surface area contributed by atoms with Gasteiger partial charge in [-0.3, -0.25) is 9.78 Å². The van der Waals surface area contributed by atoms with E-state index in [0.717, 1.165) is 0 Å². The number of benzene rings is 1. The van der Waals surface area contributed by atoms with Gasteiger partial charge in [-0.15, -0.1) is 0 Å². The summed E-state index contributed by atoms with van der Waals surface area (Å²) in [6.07, 6.45) is 4.64. The number of imidazole rings is 1. The molecule has 36 heavy (non-hydrogen) atoms. The van der Waals surface area contributed by atoms with E-state index in [0.29, 0.717) is 39.8 Å². The topological polar surface area (TPSA) is 129 Å². The molecule has 0 amide bonds. The van der Waals surface area contributed by atoms with Crippen molar-refractivity contribution in [3.63, 3.8) is 0 Å². The van der Waals surface area contributed by atoms with Crippen LogP contribution in [0.15, 0.2) is 83.0 Å². The van der Waals surface area contributed by atoms with Gasteiger partial charge in [0.15, 0.2) is 32.2 Å². The lowest BCUT2D eigenvalue weighted by Gasteiger charge is -2.10. The number of aromatic nitrogens is 5. The molecule has 0 unspecified atom stereocenters. The summed E-state index contributed by atoms with van der Waals surface area (Å²) in [4.78, 5) is 28.8. The summed E-state index contributed by atoms with van der Waals surface area (Å²) < 4.78 is 37.4. The van der Waals surface area contributed by atoms with E-state index in [1.807, 2.05) is 18.2 Å². The molecule has 0 bridgehead atoms. The van der Waals surface area contributed by atoms with Gasteiger partial charge in [0.2, 0.25) is 0 Å². The van der Waals surface area contributed by atoms with Crippen LogP contribution in [0.3, 0.4) is 0 Å². The lowest BCUT2D eigenvalue weighted by molar-refractivity contribution is 0.456. The Morgan fingerprint density at radius 3 is 2.56 bits per heavy atom. The van der Waals surface area contributed by atoms with Crippen molar-refractivity contribution in [1.29, 1.82) is 0 Å². The highest BCUT2D eigenvalue weighted by Crippen LogP contribution is 2.35. The minimum absolute atomic E-state index is 0.0229. The highest BCUT2D eigenvalue weighted by Gasteiger charge is 2.17. The Hall–Kier alpha value is -4.51. The smallest absolute Gasteiger partial charge is 0.293 e. The van der Waals surface area contributed by atoms with Crippen LogP contribution in [0.4, 0.5) is 0 Å². The fraction of sp³-hybridized carbons (Fsp3) is 0.120. The van der Waals surface area contributed by atoms with Gasteiger partial charge in [-0.25, -0.2) is 18.4 Å². The normalized spacial score (nSPS) is 11.5. The molecule has 182 valence electrons. The molecule has 1 aromatic carbocycles. The van der Waals surface area contributed by atoms with Crippen LogP contribution in [0.1, 0.15) is 6.92 Å². The molecular formula is C25H21N5O5S. The average Bonchev–Trinajstić information content (AvgIpc) is 3.32. The van der Waals surface area contributed by atoms with Gasteiger partial charge >= 0.3 is 0 Å². The summed E-state index contributed by atoms with van der Waals surface area (Å²) in [5.41, 5.74) is 1.40. The zero-order valence-corrected chi connectivity index (χ0v) is 20.2. The molecule has 0 aliphatic heterocycles. The molecule has 0 spiro atoms. The lowest BCUT2D eigenvalue weighted by atomic mass is 10.2. The molecule has 5 aromatic rings. The van der Waals surface area contributed by atoms with Crippen LogP contribution < -0.4 is 15.0 Å². The summed E-state index contributed by atoms with van der Waals surface area (Å²) in [5, 5.41) is -0.0229. The van der Waals surface area contributed by atoms with Gasteiger partial charge in [0.25, 0.3) is 5.56 Å². The highest BCUT2D eigenvalue weighted by molar-refractivity contribution is 7.91. The van der Waals surface area contributed by atoms with Crippen LogP contribution in [-0.2, 0) is 16.9 Å². The lowest BCUT2D eigenvalue weighted by Crippen LogP contribution is -2.16. The second kappa shape index (κ2) is 9.27. The molecule has 0 saturated carbocycles. The third-order valence-electron chi connectivity index (χ3n) is 5.38. The largest absolute Gasteiger partial charge is 0.456 e. The van der Waals surface area contributed by atoms with Crippen LogP contribution in [0.2, 0.25) is 0 Å². The Morgan fingerprint density at radius 1 is 0.972 bits per heavy atom. The second-order valence-electron chi connectivity index (χ2n) is 7.85. The van der Waals surface area contributed by atoms with Gasteiger partial charge in [-0.2, -0.15) is 0 Å². The van der Waals surface area contributed by atoms with Crippen molar-refractivity contribution in [3.8, 4) is 34.5 Å². The van der Waals surface area contributed by atoms with Crippen molar-refractivity contribution < 1.29 is 17.9 Å². The predicted molar refractivity (Wildman–Crippen MR) is 133 cm³/mol. The third kappa shape index (κ3) is 4.56. The molecule has 0 radical (unpaired) electrons. The maximum absolute atomic E-state index is 12.6. The molecule has 0 saturated heterocycles. The standard InChI is InChI=1S/C25H21N5O5S/c1-3-36(32,33)22-10-9-16(15-27-22)34-17-13-19-23(29-24(28-19)18-7-4-5-11-26-18)21(14-17)35-20-8-6-12-30(2)25(20)31/h4-15H,3H2,1-2H3,(H,28,29). The molecule has 10 nitrogen and oxygen atoms in total. The number of fused-ring (bicyclic) bond motifs is 1.